The Labute approximate surface area is 135 Å². The van der Waals surface area contributed by atoms with Crippen molar-refractivity contribution < 1.29 is 0 Å². The minimum atomic E-state index is 0. The molecule has 0 spiro atoms. The molecule has 1 heteroatoms. The van der Waals surface area contributed by atoms with E-state index in [9.17, 15) is 0 Å². The number of allylic oxidation sites excluding steroid dienone is 1. The summed E-state index contributed by atoms with van der Waals surface area (Å²) in [5.41, 5.74) is 2.90. The molecule has 0 radical (unpaired) electrons. The summed E-state index contributed by atoms with van der Waals surface area (Å²) in [6, 6.07) is 8.80. The second kappa shape index (κ2) is 10.8. The van der Waals surface area contributed by atoms with Gasteiger partial charge in [-0.1, -0.05) is 75.9 Å². The summed E-state index contributed by atoms with van der Waals surface area (Å²) in [6.45, 7) is 6.68. The number of hydrogen-bond acceptors (Lipinski definition) is 0. The van der Waals surface area contributed by atoms with Gasteiger partial charge in [-0.25, -0.2) is 0 Å². The summed E-state index contributed by atoms with van der Waals surface area (Å²) >= 11 is 0. The normalized spacial score (nSPS) is 12.4. The van der Waals surface area contributed by atoms with Gasteiger partial charge in [-0.3, -0.25) is 0 Å². The van der Waals surface area contributed by atoms with E-state index >= 15 is 0 Å². The van der Waals surface area contributed by atoms with E-state index < -0.39 is 0 Å². The average molecular weight is 254 g/mol. The quantitative estimate of drug-likeness (QED) is 0.611. The molecule has 0 N–H and O–H groups in total. The summed E-state index contributed by atoms with van der Waals surface area (Å²) in [5.74, 6) is 0.848. The van der Waals surface area contributed by atoms with Crippen LogP contribution < -0.4 is 0 Å². The SMILES string of the molecule is CC=Cc1ccccc1CC(CC)CCCC.[NaH]. The molecule has 0 amide bonds. The van der Waals surface area contributed by atoms with Gasteiger partial charge in [0.15, 0.2) is 0 Å². The van der Waals surface area contributed by atoms with Crippen LogP contribution in [0.5, 0.6) is 0 Å². The van der Waals surface area contributed by atoms with Crippen molar-refractivity contribution >= 4 is 35.6 Å². The van der Waals surface area contributed by atoms with Gasteiger partial charge in [-0.05, 0) is 30.4 Å². The Balaban J connectivity index is 0.00000289. The van der Waals surface area contributed by atoms with E-state index in [1.165, 1.54) is 43.2 Å². The van der Waals surface area contributed by atoms with Crippen molar-refractivity contribution in [3.8, 4) is 0 Å². The first kappa shape index (κ1) is 18.0. The van der Waals surface area contributed by atoms with Crippen molar-refractivity contribution in [2.75, 3.05) is 0 Å². The zero-order valence-corrected chi connectivity index (χ0v) is 11.6. The molecule has 1 unspecified atom stereocenters. The molecule has 0 bridgehead atoms. The van der Waals surface area contributed by atoms with Crippen molar-refractivity contribution in [2.45, 2.75) is 52.9 Å². The Morgan fingerprint density at radius 3 is 2.50 bits per heavy atom. The van der Waals surface area contributed by atoms with Crippen molar-refractivity contribution in [1.29, 1.82) is 0 Å². The van der Waals surface area contributed by atoms with Gasteiger partial charge in [0, 0.05) is 0 Å². The summed E-state index contributed by atoms with van der Waals surface area (Å²) < 4.78 is 0. The minimum absolute atomic E-state index is 0. The van der Waals surface area contributed by atoms with Crippen molar-refractivity contribution in [3.05, 3.63) is 41.5 Å². The Bertz CT molecular complexity index is 341. The number of hydrogen-bond donors (Lipinski definition) is 0. The van der Waals surface area contributed by atoms with Crippen molar-refractivity contribution in [1.82, 2.24) is 0 Å². The third-order valence-corrected chi connectivity index (χ3v) is 3.45. The molecule has 0 saturated carbocycles. The average Bonchev–Trinajstić information content (AvgIpc) is 2.36. The van der Waals surface area contributed by atoms with E-state index in [1.54, 1.807) is 0 Å². The fraction of sp³-hybridized carbons (Fsp3) is 0.529. The van der Waals surface area contributed by atoms with Gasteiger partial charge in [0.2, 0.25) is 0 Å². The van der Waals surface area contributed by atoms with Gasteiger partial charge < -0.3 is 0 Å². The molecule has 96 valence electrons. The van der Waals surface area contributed by atoms with Crippen LogP contribution in [0.15, 0.2) is 30.3 Å². The van der Waals surface area contributed by atoms with Crippen molar-refractivity contribution in [3.63, 3.8) is 0 Å². The van der Waals surface area contributed by atoms with E-state index in [0.29, 0.717) is 0 Å². The van der Waals surface area contributed by atoms with E-state index in [4.69, 9.17) is 0 Å². The van der Waals surface area contributed by atoms with Crippen LogP contribution in [-0.4, -0.2) is 29.6 Å². The van der Waals surface area contributed by atoms with E-state index in [2.05, 4.69) is 57.2 Å². The predicted octanol–water partition coefficient (Wildman–Crippen LogP) is 4.83. The molecule has 1 atom stereocenters. The molecule has 1 aromatic carbocycles. The fourth-order valence-electron chi connectivity index (χ4n) is 2.32. The summed E-state index contributed by atoms with van der Waals surface area (Å²) in [6.07, 6.45) is 10.9. The Kier molecular flexibility index (Phi) is 10.8. The predicted molar refractivity (Wildman–Crippen MR) is 85.3 cm³/mol. The standard InChI is InChI=1S/C17H26.Na.H/c1-4-7-11-15(6-3)14-17-13-9-8-12-16(17)10-5-2;;/h5,8-10,12-13,15H,4,6-7,11,14H2,1-3H3;;. The molecule has 0 aromatic heterocycles. The zero-order valence-electron chi connectivity index (χ0n) is 11.6. The molecular formula is C17H27Na. The van der Waals surface area contributed by atoms with Gasteiger partial charge in [0.1, 0.15) is 0 Å². The molecule has 0 heterocycles. The fourth-order valence-corrected chi connectivity index (χ4v) is 2.32. The van der Waals surface area contributed by atoms with Crippen LogP contribution in [0.1, 0.15) is 57.6 Å². The molecule has 0 saturated heterocycles. The third-order valence-electron chi connectivity index (χ3n) is 3.45. The van der Waals surface area contributed by atoms with Crippen LogP contribution in [0.4, 0.5) is 0 Å². The first-order valence-electron chi connectivity index (χ1n) is 7.02. The molecule has 0 fully saturated rings. The number of rotatable bonds is 7. The van der Waals surface area contributed by atoms with E-state index in [-0.39, 0.29) is 29.6 Å². The third kappa shape index (κ3) is 6.22. The molecule has 0 aliphatic rings. The Morgan fingerprint density at radius 1 is 1.17 bits per heavy atom. The van der Waals surface area contributed by atoms with E-state index in [1.807, 2.05) is 0 Å². The molecule has 1 rings (SSSR count). The molecule has 1 aromatic rings. The monoisotopic (exact) mass is 254 g/mol. The van der Waals surface area contributed by atoms with Crippen molar-refractivity contribution in [2.24, 2.45) is 5.92 Å². The van der Waals surface area contributed by atoms with Gasteiger partial charge in [-0.2, -0.15) is 0 Å². The maximum absolute atomic E-state index is 2.32. The van der Waals surface area contributed by atoms with Crippen LogP contribution in [0.3, 0.4) is 0 Å². The zero-order chi connectivity index (χ0) is 12.5. The second-order valence-electron chi connectivity index (χ2n) is 4.82. The summed E-state index contributed by atoms with van der Waals surface area (Å²) in [4.78, 5) is 0. The Morgan fingerprint density at radius 2 is 1.89 bits per heavy atom. The first-order chi connectivity index (χ1) is 8.31. The van der Waals surface area contributed by atoms with Gasteiger partial charge in [0.05, 0.1) is 0 Å². The van der Waals surface area contributed by atoms with Gasteiger partial charge in [0.25, 0.3) is 0 Å². The summed E-state index contributed by atoms with van der Waals surface area (Å²) in [7, 11) is 0. The number of benzene rings is 1. The van der Waals surface area contributed by atoms with Gasteiger partial charge in [-0.15, -0.1) is 0 Å². The molecule has 0 aliphatic heterocycles. The summed E-state index contributed by atoms with van der Waals surface area (Å²) in [5, 5.41) is 0. The number of unbranched alkanes of at least 4 members (excludes halogenated alkanes) is 1. The van der Waals surface area contributed by atoms with Crippen LogP contribution in [0.25, 0.3) is 6.08 Å². The Hall–Kier alpha value is -0.0400. The molecular weight excluding hydrogens is 227 g/mol. The first-order valence-corrected chi connectivity index (χ1v) is 7.02. The van der Waals surface area contributed by atoms with Crippen LogP contribution in [-0.2, 0) is 6.42 Å². The molecule has 0 aliphatic carbocycles. The van der Waals surface area contributed by atoms with Crippen LogP contribution in [0, 0.1) is 5.92 Å². The topological polar surface area (TPSA) is 0 Å². The molecule has 0 nitrogen and oxygen atoms in total. The van der Waals surface area contributed by atoms with Gasteiger partial charge >= 0.3 is 29.6 Å². The van der Waals surface area contributed by atoms with Crippen LogP contribution >= 0.6 is 0 Å². The second-order valence-corrected chi connectivity index (χ2v) is 4.82. The molecule has 18 heavy (non-hydrogen) atoms. The van der Waals surface area contributed by atoms with Crippen LogP contribution in [0.2, 0.25) is 0 Å². The van der Waals surface area contributed by atoms with E-state index in [0.717, 1.165) is 5.92 Å². The maximum atomic E-state index is 2.32.